The van der Waals surface area contributed by atoms with E-state index >= 15 is 0 Å². The number of ether oxygens (including phenoxy) is 1. The van der Waals surface area contributed by atoms with Crippen LogP contribution in [-0.4, -0.2) is 34.5 Å². The van der Waals surface area contributed by atoms with Crippen LogP contribution in [0.2, 0.25) is 0 Å². The zero-order valence-corrected chi connectivity index (χ0v) is 12.9. The van der Waals surface area contributed by atoms with Crippen molar-refractivity contribution in [3.8, 4) is 5.75 Å². The molecule has 0 fully saturated rings. The third kappa shape index (κ3) is 3.01. The molecule has 0 aliphatic rings. The first-order valence-corrected chi connectivity index (χ1v) is 7.56. The summed E-state index contributed by atoms with van der Waals surface area (Å²) in [7, 11) is 1.65. The van der Waals surface area contributed by atoms with Gasteiger partial charge in [-0.05, 0) is 18.4 Å². The Morgan fingerprint density at radius 1 is 1.30 bits per heavy atom. The lowest BCUT2D eigenvalue weighted by Crippen LogP contribution is -2.02. The number of hydrogen-bond acceptors (Lipinski definition) is 5. The number of rotatable bonds is 5. The molecule has 2 rings (SSSR count). The van der Waals surface area contributed by atoms with Crippen LogP contribution in [0.1, 0.15) is 31.2 Å². The molecule has 0 aliphatic carbocycles. The molecule has 6 heteroatoms. The fourth-order valence-electron chi connectivity index (χ4n) is 1.77. The second kappa shape index (κ2) is 6.56. The van der Waals surface area contributed by atoms with Crippen LogP contribution >= 0.6 is 11.8 Å². The molecule has 0 bridgehead atoms. The Labute approximate surface area is 123 Å². The molecule has 1 heterocycles. The maximum absolute atomic E-state index is 5.31. The average molecular weight is 290 g/mol. The third-order valence-corrected chi connectivity index (χ3v) is 3.41. The highest BCUT2D eigenvalue weighted by molar-refractivity contribution is 7.98. The van der Waals surface area contributed by atoms with Gasteiger partial charge < -0.3 is 4.74 Å². The first-order valence-electron chi connectivity index (χ1n) is 6.34. The highest BCUT2D eigenvalue weighted by Crippen LogP contribution is 2.20. The summed E-state index contributed by atoms with van der Waals surface area (Å²) in [5.74, 6) is 1.90. The Balaban J connectivity index is 2.38. The van der Waals surface area contributed by atoms with E-state index in [1.807, 2.05) is 30.5 Å². The lowest BCUT2D eigenvalue weighted by Gasteiger charge is -2.06. The molecular formula is C14H18N4OS. The number of aromatic nitrogens is 3. The van der Waals surface area contributed by atoms with Gasteiger partial charge in [0.25, 0.3) is 0 Å². The number of methoxy groups -OCH3 is 1. The van der Waals surface area contributed by atoms with Crippen LogP contribution in [0.4, 0.5) is 0 Å². The van der Waals surface area contributed by atoms with Crippen molar-refractivity contribution in [1.29, 1.82) is 0 Å². The van der Waals surface area contributed by atoms with Gasteiger partial charge in [-0.3, -0.25) is 0 Å². The minimum atomic E-state index is 0.262. The minimum absolute atomic E-state index is 0.262. The highest BCUT2D eigenvalue weighted by atomic mass is 32.2. The van der Waals surface area contributed by atoms with Crippen LogP contribution in [0.5, 0.6) is 5.75 Å². The van der Waals surface area contributed by atoms with Crippen molar-refractivity contribution in [2.45, 2.75) is 24.9 Å². The van der Waals surface area contributed by atoms with Gasteiger partial charge >= 0.3 is 0 Å². The first kappa shape index (κ1) is 14.6. The van der Waals surface area contributed by atoms with Crippen molar-refractivity contribution in [3.63, 3.8) is 0 Å². The van der Waals surface area contributed by atoms with Gasteiger partial charge in [0.1, 0.15) is 5.75 Å². The normalized spacial score (nSPS) is 11.4. The van der Waals surface area contributed by atoms with E-state index in [0.717, 1.165) is 22.3 Å². The van der Waals surface area contributed by atoms with Crippen molar-refractivity contribution in [3.05, 3.63) is 35.7 Å². The van der Waals surface area contributed by atoms with E-state index in [1.165, 1.54) is 11.8 Å². The van der Waals surface area contributed by atoms with Gasteiger partial charge in [-0.15, -0.1) is 10.2 Å². The van der Waals surface area contributed by atoms with Gasteiger partial charge in [0, 0.05) is 11.5 Å². The lowest BCUT2D eigenvalue weighted by atomic mass is 10.2. The molecule has 5 nitrogen and oxygen atoms in total. The molecule has 2 aromatic rings. The largest absolute Gasteiger partial charge is 0.496 e. The molecule has 0 N–H and O–H groups in total. The van der Waals surface area contributed by atoms with Crippen LogP contribution in [-0.2, 0) is 0 Å². The molecule has 0 amide bonds. The van der Waals surface area contributed by atoms with E-state index in [4.69, 9.17) is 4.74 Å². The summed E-state index contributed by atoms with van der Waals surface area (Å²) in [4.78, 5) is 0. The van der Waals surface area contributed by atoms with Gasteiger partial charge in [-0.25, -0.2) is 0 Å². The topological polar surface area (TPSA) is 52.3 Å². The number of para-hydroxylation sites is 1. The van der Waals surface area contributed by atoms with Gasteiger partial charge in [-0.2, -0.15) is 9.78 Å². The van der Waals surface area contributed by atoms with Crippen molar-refractivity contribution in [2.24, 2.45) is 5.10 Å². The summed E-state index contributed by atoms with van der Waals surface area (Å²) in [6.45, 7) is 4.15. The zero-order valence-electron chi connectivity index (χ0n) is 12.1. The quantitative estimate of drug-likeness (QED) is 0.627. The fraction of sp³-hybridized carbons (Fsp3) is 0.357. The Morgan fingerprint density at radius 2 is 2.05 bits per heavy atom. The third-order valence-electron chi connectivity index (χ3n) is 2.79. The molecule has 0 saturated carbocycles. The van der Waals surface area contributed by atoms with Crippen molar-refractivity contribution >= 4 is 18.0 Å². The molecule has 20 heavy (non-hydrogen) atoms. The molecule has 0 unspecified atom stereocenters. The summed E-state index contributed by atoms with van der Waals surface area (Å²) in [5, 5.41) is 13.6. The predicted molar refractivity (Wildman–Crippen MR) is 81.9 cm³/mol. The van der Waals surface area contributed by atoms with E-state index in [0.29, 0.717) is 0 Å². The number of nitrogens with zero attached hydrogens (tertiary/aromatic N) is 4. The predicted octanol–water partition coefficient (Wildman–Crippen LogP) is 3.01. The van der Waals surface area contributed by atoms with E-state index in [1.54, 1.807) is 18.0 Å². The van der Waals surface area contributed by atoms with Crippen LogP contribution in [0.15, 0.2) is 34.5 Å². The maximum atomic E-state index is 5.31. The second-order valence-corrected chi connectivity index (χ2v) is 5.27. The van der Waals surface area contributed by atoms with Gasteiger partial charge in [0.2, 0.25) is 5.16 Å². The monoisotopic (exact) mass is 290 g/mol. The molecule has 0 spiro atoms. The molecule has 0 atom stereocenters. The lowest BCUT2D eigenvalue weighted by molar-refractivity contribution is 0.414. The number of thioether (sulfide) groups is 1. The fourth-order valence-corrected chi connectivity index (χ4v) is 2.20. The summed E-state index contributed by atoms with van der Waals surface area (Å²) in [6.07, 6.45) is 3.73. The Hall–Kier alpha value is -1.82. The smallest absolute Gasteiger partial charge is 0.211 e. The molecule has 1 aromatic carbocycles. The molecule has 0 radical (unpaired) electrons. The number of benzene rings is 1. The van der Waals surface area contributed by atoms with Crippen LogP contribution in [0, 0.1) is 0 Å². The second-order valence-electron chi connectivity index (χ2n) is 4.50. The highest BCUT2D eigenvalue weighted by Gasteiger charge is 2.13. The summed E-state index contributed by atoms with van der Waals surface area (Å²) in [6, 6.07) is 7.75. The zero-order chi connectivity index (χ0) is 14.5. The molecule has 0 aliphatic heterocycles. The van der Waals surface area contributed by atoms with Crippen LogP contribution in [0.25, 0.3) is 0 Å². The average Bonchev–Trinajstić information content (AvgIpc) is 2.88. The van der Waals surface area contributed by atoms with Gasteiger partial charge in [-0.1, -0.05) is 37.7 Å². The Kier molecular flexibility index (Phi) is 4.79. The Morgan fingerprint density at radius 3 is 2.70 bits per heavy atom. The van der Waals surface area contributed by atoms with Crippen molar-refractivity contribution in [2.75, 3.05) is 13.4 Å². The Bertz CT molecular complexity index is 607. The molecule has 0 saturated heterocycles. The molecule has 1 aromatic heterocycles. The van der Waals surface area contributed by atoms with Crippen molar-refractivity contribution < 1.29 is 4.74 Å². The van der Waals surface area contributed by atoms with E-state index in [9.17, 15) is 0 Å². The van der Waals surface area contributed by atoms with Gasteiger partial charge in [0.05, 0.1) is 13.3 Å². The van der Waals surface area contributed by atoms with Crippen LogP contribution < -0.4 is 4.74 Å². The maximum Gasteiger partial charge on any atom is 0.211 e. The first-order chi connectivity index (χ1) is 9.67. The van der Waals surface area contributed by atoms with E-state index in [-0.39, 0.29) is 5.92 Å². The molecular weight excluding hydrogens is 272 g/mol. The number of hydrogen-bond donors (Lipinski definition) is 0. The molecule has 106 valence electrons. The van der Waals surface area contributed by atoms with Crippen LogP contribution in [0.3, 0.4) is 0 Å². The summed E-state index contributed by atoms with van der Waals surface area (Å²) in [5.41, 5.74) is 0.922. The van der Waals surface area contributed by atoms with E-state index < -0.39 is 0 Å². The van der Waals surface area contributed by atoms with Crippen molar-refractivity contribution in [1.82, 2.24) is 14.9 Å². The standard InChI is InChI=1S/C14H18N4OS/c1-10(2)13-16-17-14(20-4)18(13)15-9-11-7-5-6-8-12(11)19-3/h5-10H,1-4H3/b15-9-. The van der Waals surface area contributed by atoms with E-state index in [2.05, 4.69) is 29.1 Å². The minimum Gasteiger partial charge on any atom is -0.496 e. The van der Waals surface area contributed by atoms with Gasteiger partial charge in [0.15, 0.2) is 5.82 Å². The summed E-state index contributed by atoms with van der Waals surface area (Å²) < 4.78 is 7.09. The summed E-state index contributed by atoms with van der Waals surface area (Å²) >= 11 is 1.52. The SMILES string of the molecule is COc1ccccc1/C=N\n1c(SC)nnc1C(C)C.